The van der Waals surface area contributed by atoms with E-state index < -0.39 is 12.2 Å². The lowest BCUT2D eigenvalue weighted by Gasteiger charge is -2.23. The minimum absolute atomic E-state index is 0.0782. The van der Waals surface area contributed by atoms with Crippen molar-refractivity contribution in [3.05, 3.63) is 228 Å². The molecule has 0 saturated heterocycles. The Balaban J connectivity index is 0.000000172. The maximum Gasteiger partial charge on any atom is 0.247 e. The Morgan fingerprint density at radius 2 is 0.707 bits per heavy atom. The summed E-state index contributed by atoms with van der Waals surface area (Å²) in [6.07, 6.45) is 2.47. The van der Waals surface area contributed by atoms with Gasteiger partial charge >= 0.3 is 0 Å². The van der Waals surface area contributed by atoms with Gasteiger partial charge in [-0.25, -0.2) is 9.97 Å². The fourth-order valence-corrected chi connectivity index (χ4v) is 10.7. The van der Waals surface area contributed by atoms with E-state index >= 15 is 0 Å². The summed E-state index contributed by atoms with van der Waals surface area (Å²) in [5.41, 5.74) is 20.5. The molecule has 12 rings (SSSR count). The highest BCUT2D eigenvalue weighted by Crippen LogP contribution is 2.42. The number of benzene rings is 6. The van der Waals surface area contributed by atoms with Crippen molar-refractivity contribution in [2.45, 2.75) is 89.0 Å². The first kappa shape index (κ1) is 55.3. The van der Waals surface area contributed by atoms with Crippen molar-refractivity contribution in [2.24, 2.45) is 11.8 Å². The van der Waals surface area contributed by atoms with Gasteiger partial charge in [-0.3, -0.25) is 0 Å². The molecule has 4 aromatic heterocycles. The molecule has 0 spiro atoms. The Morgan fingerprint density at radius 3 is 1.04 bits per heavy atom. The number of anilines is 2. The minimum Gasteiger partial charge on any atom is -0.471 e. The topological polar surface area (TPSA) is 235 Å². The van der Waals surface area contributed by atoms with E-state index in [1.54, 1.807) is 12.7 Å². The van der Waals surface area contributed by atoms with Crippen LogP contribution in [0, 0.1) is 11.8 Å². The standard InChI is InChI=1S/2C32H33N5O4/c2*33-32-35-30-28(31(36-32)41-19-24-14-8-3-9-15-24)34-21-37(30)26-16-27(40-18-23-12-6-2-7-13-23)25(29(26)38)20-39-17-22-10-4-1-5-11-22/h2*1-15,21,25-27,29,38H,16-20H2,(H2,33,35,36)/t25-,26+,27+,29-;/m0./s1. The van der Waals surface area contributed by atoms with Gasteiger partial charge in [0.15, 0.2) is 22.3 Å². The van der Waals surface area contributed by atoms with Gasteiger partial charge in [-0.2, -0.15) is 19.9 Å². The Bertz CT molecular complexity index is 3330. The van der Waals surface area contributed by atoms with E-state index in [4.69, 9.17) is 39.9 Å². The zero-order chi connectivity index (χ0) is 56.0. The van der Waals surface area contributed by atoms with Gasteiger partial charge in [0.1, 0.15) is 13.2 Å². The monoisotopic (exact) mass is 1100 g/mol. The van der Waals surface area contributed by atoms with Crippen molar-refractivity contribution in [3.63, 3.8) is 0 Å². The maximum atomic E-state index is 11.6. The normalized spacial score (nSPS) is 20.4. The van der Waals surface area contributed by atoms with Crippen LogP contribution in [0.5, 0.6) is 11.8 Å². The fraction of sp³-hybridized carbons (Fsp3) is 0.281. The van der Waals surface area contributed by atoms with Gasteiger partial charge in [0.05, 0.1) is 88.8 Å². The quantitative estimate of drug-likeness (QED) is 0.0495. The number of ether oxygens (including phenoxy) is 6. The van der Waals surface area contributed by atoms with Gasteiger partial charge in [0.2, 0.25) is 23.7 Å². The third kappa shape index (κ3) is 13.6. The zero-order valence-corrected chi connectivity index (χ0v) is 45.2. The fourth-order valence-electron chi connectivity index (χ4n) is 10.7. The molecule has 2 fully saturated rings. The van der Waals surface area contributed by atoms with Gasteiger partial charge in [0.25, 0.3) is 0 Å². The van der Waals surface area contributed by atoms with Crippen LogP contribution in [0.4, 0.5) is 11.9 Å². The number of rotatable bonds is 22. The van der Waals surface area contributed by atoms with Crippen LogP contribution in [0.1, 0.15) is 58.3 Å². The lowest BCUT2D eigenvalue weighted by molar-refractivity contribution is -0.0477. The second kappa shape index (κ2) is 26.8. The van der Waals surface area contributed by atoms with Crippen LogP contribution in [0.2, 0.25) is 0 Å². The van der Waals surface area contributed by atoms with Crippen LogP contribution in [0.15, 0.2) is 195 Å². The molecule has 0 aliphatic heterocycles. The molecule has 420 valence electrons. The Labute approximate surface area is 475 Å². The lowest BCUT2D eigenvalue weighted by Crippen LogP contribution is -2.31. The van der Waals surface area contributed by atoms with E-state index in [1.807, 2.05) is 191 Å². The van der Waals surface area contributed by atoms with Crippen molar-refractivity contribution < 1.29 is 38.6 Å². The molecule has 0 bridgehead atoms. The number of fused-ring (bicyclic) bond motifs is 2. The van der Waals surface area contributed by atoms with Gasteiger partial charge in [-0.1, -0.05) is 182 Å². The summed E-state index contributed by atoms with van der Waals surface area (Å²) in [6, 6.07) is 59.0. The van der Waals surface area contributed by atoms with Crippen molar-refractivity contribution in [2.75, 3.05) is 24.7 Å². The number of nitrogens with two attached hydrogens (primary N) is 2. The van der Waals surface area contributed by atoms with E-state index in [1.165, 1.54) is 0 Å². The molecule has 18 nitrogen and oxygen atoms in total. The van der Waals surface area contributed by atoms with Crippen LogP contribution in [0.3, 0.4) is 0 Å². The molecule has 2 aliphatic rings. The van der Waals surface area contributed by atoms with E-state index in [2.05, 4.69) is 29.9 Å². The third-order valence-corrected chi connectivity index (χ3v) is 15.0. The first-order valence-electron chi connectivity index (χ1n) is 27.6. The number of hydrogen-bond donors (Lipinski definition) is 4. The van der Waals surface area contributed by atoms with Gasteiger partial charge in [-0.05, 0) is 46.2 Å². The number of imidazole rings is 2. The Morgan fingerprint density at radius 1 is 0.402 bits per heavy atom. The Hall–Kier alpha value is -8.62. The molecule has 18 heteroatoms. The first-order chi connectivity index (χ1) is 40.3. The minimum atomic E-state index is -0.756. The van der Waals surface area contributed by atoms with Crippen molar-refractivity contribution in [1.82, 2.24) is 39.0 Å². The van der Waals surface area contributed by atoms with Gasteiger partial charge < -0.3 is 59.2 Å². The van der Waals surface area contributed by atoms with E-state index in [0.29, 0.717) is 99.8 Å². The van der Waals surface area contributed by atoms with Crippen LogP contribution in [-0.4, -0.2) is 86.9 Å². The molecule has 2 saturated carbocycles. The summed E-state index contributed by atoms with van der Waals surface area (Å²) < 4.78 is 40.7. The van der Waals surface area contributed by atoms with Gasteiger partial charge in [0, 0.05) is 11.8 Å². The molecule has 10 aromatic rings. The highest BCUT2D eigenvalue weighted by molar-refractivity contribution is 5.78. The summed E-state index contributed by atoms with van der Waals surface area (Å²) >= 11 is 0. The molecule has 8 atom stereocenters. The van der Waals surface area contributed by atoms with Crippen molar-refractivity contribution in [3.8, 4) is 11.8 Å². The number of aliphatic hydroxyl groups is 2. The van der Waals surface area contributed by atoms with Crippen LogP contribution in [0.25, 0.3) is 22.3 Å². The molecule has 6 aromatic carbocycles. The Kier molecular flexibility index (Phi) is 18.0. The smallest absolute Gasteiger partial charge is 0.247 e. The molecule has 4 heterocycles. The highest BCUT2D eigenvalue weighted by Gasteiger charge is 2.46. The van der Waals surface area contributed by atoms with Crippen molar-refractivity contribution >= 4 is 34.2 Å². The molecule has 6 N–H and O–H groups in total. The summed E-state index contributed by atoms with van der Waals surface area (Å²) in [5, 5.41) is 23.2. The van der Waals surface area contributed by atoms with E-state index in [0.717, 1.165) is 33.4 Å². The number of nitrogens with zero attached hydrogens (tertiary/aromatic N) is 8. The maximum absolute atomic E-state index is 11.6. The largest absolute Gasteiger partial charge is 0.471 e. The van der Waals surface area contributed by atoms with E-state index in [-0.39, 0.29) is 48.0 Å². The summed E-state index contributed by atoms with van der Waals surface area (Å²) in [5.74, 6) is 0.268. The first-order valence-corrected chi connectivity index (χ1v) is 27.6. The molecule has 0 radical (unpaired) electrons. The summed E-state index contributed by atoms with van der Waals surface area (Å²) in [4.78, 5) is 26.7. The number of aliphatic hydroxyl groups excluding tert-OH is 2. The molecule has 82 heavy (non-hydrogen) atoms. The number of nitrogen functional groups attached to an aromatic ring is 2. The average Bonchev–Trinajstić information content (AvgIpc) is 4.50. The predicted octanol–water partition coefficient (Wildman–Crippen LogP) is 9.42. The summed E-state index contributed by atoms with van der Waals surface area (Å²) in [6.45, 7) is 3.14. The average molecular weight is 1100 g/mol. The van der Waals surface area contributed by atoms with Crippen molar-refractivity contribution in [1.29, 1.82) is 0 Å². The SMILES string of the molecule is Nc1nc(OCc2ccccc2)c2ncn(C3CC(OCc4ccccc4)C(COCc4ccccc4)C3O)c2n1.Nc1nc(OCc2ccccc2)c2ncn([C@@H]3C[C@@H](OCc4ccccc4)[C@H](COCc4ccccc4)[C@@H]3O)c2n1. The lowest BCUT2D eigenvalue weighted by atomic mass is 10.0. The zero-order valence-electron chi connectivity index (χ0n) is 45.2. The molecular weight excluding hydrogens is 1040 g/mol. The molecule has 0 amide bonds. The van der Waals surface area contributed by atoms with Crippen LogP contribution in [-0.2, 0) is 58.6 Å². The second-order valence-electron chi connectivity index (χ2n) is 20.6. The highest BCUT2D eigenvalue weighted by atomic mass is 16.5. The third-order valence-electron chi connectivity index (χ3n) is 15.0. The van der Waals surface area contributed by atoms with Crippen LogP contribution >= 0.6 is 0 Å². The molecule has 2 aliphatic carbocycles. The number of hydrogen-bond acceptors (Lipinski definition) is 16. The second-order valence-corrected chi connectivity index (χ2v) is 20.6. The van der Waals surface area contributed by atoms with Crippen LogP contribution < -0.4 is 20.9 Å². The molecule has 4 unspecified atom stereocenters. The molecular formula is C64H66N10O8. The predicted molar refractivity (Wildman–Crippen MR) is 310 cm³/mol. The summed E-state index contributed by atoms with van der Waals surface area (Å²) in [7, 11) is 0. The number of aromatic nitrogens is 8. The van der Waals surface area contributed by atoms with E-state index in [9.17, 15) is 10.2 Å². The van der Waals surface area contributed by atoms with Gasteiger partial charge in [-0.15, -0.1) is 0 Å².